The van der Waals surface area contributed by atoms with Gasteiger partial charge in [0.15, 0.2) is 0 Å². The lowest BCUT2D eigenvalue weighted by Gasteiger charge is -2.22. The van der Waals surface area contributed by atoms with Crippen LogP contribution < -0.4 is 10.2 Å². The van der Waals surface area contributed by atoms with Gasteiger partial charge in [0.25, 0.3) is 0 Å². The van der Waals surface area contributed by atoms with Gasteiger partial charge in [0.2, 0.25) is 0 Å². The first-order valence-corrected chi connectivity index (χ1v) is 5.98. The summed E-state index contributed by atoms with van der Waals surface area (Å²) in [5.41, 5.74) is 2.11. The molecule has 0 aliphatic heterocycles. The Hall–Kier alpha value is -1.60. The molecular formula is C13H20N4. The maximum atomic E-state index is 8.61. The molecule has 0 radical (unpaired) electrons. The Morgan fingerprint density at radius 3 is 2.76 bits per heavy atom. The second-order valence-electron chi connectivity index (χ2n) is 3.94. The van der Waals surface area contributed by atoms with Crippen molar-refractivity contribution in [1.29, 1.82) is 5.26 Å². The van der Waals surface area contributed by atoms with Crippen LogP contribution in [0.1, 0.15) is 32.0 Å². The zero-order chi connectivity index (χ0) is 12.7. The van der Waals surface area contributed by atoms with Gasteiger partial charge in [-0.05, 0) is 33.0 Å². The van der Waals surface area contributed by atoms with E-state index in [1.54, 1.807) is 0 Å². The molecule has 1 unspecified atom stereocenters. The summed E-state index contributed by atoms with van der Waals surface area (Å²) in [6.45, 7) is 5.82. The Balaban J connectivity index is 2.74. The summed E-state index contributed by atoms with van der Waals surface area (Å²) < 4.78 is 0. The van der Waals surface area contributed by atoms with Gasteiger partial charge in [-0.3, -0.25) is 4.98 Å². The molecule has 1 aromatic heterocycles. The number of aromatic nitrogens is 1. The zero-order valence-corrected chi connectivity index (χ0v) is 10.8. The summed E-state index contributed by atoms with van der Waals surface area (Å²) in [6.07, 6.45) is 2.42. The van der Waals surface area contributed by atoms with Gasteiger partial charge in [0.1, 0.15) is 0 Å². The highest BCUT2D eigenvalue weighted by molar-refractivity contribution is 5.44. The molecule has 1 heterocycles. The van der Waals surface area contributed by atoms with Crippen molar-refractivity contribution in [2.75, 3.05) is 25.0 Å². The summed E-state index contributed by atoms with van der Waals surface area (Å²) in [7, 11) is 1.92. The third kappa shape index (κ3) is 3.72. The number of hydrogen-bond donors (Lipinski definition) is 1. The van der Waals surface area contributed by atoms with Crippen LogP contribution in [-0.2, 0) is 0 Å². The number of rotatable bonds is 6. The van der Waals surface area contributed by atoms with Gasteiger partial charge in [-0.15, -0.1) is 0 Å². The Morgan fingerprint density at radius 1 is 1.53 bits per heavy atom. The topological polar surface area (TPSA) is 52.0 Å². The third-order valence-electron chi connectivity index (χ3n) is 2.89. The van der Waals surface area contributed by atoms with E-state index in [2.05, 4.69) is 41.2 Å². The fourth-order valence-electron chi connectivity index (χ4n) is 1.64. The molecule has 0 amide bonds. The molecule has 4 heteroatoms. The molecule has 0 aliphatic rings. The molecule has 4 nitrogen and oxygen atoms in total. The van der Waals surface area contributed by atoms with Crippen LogP contribution in [0, 0.1) is 11.3 Å². The highest BCUT2D eigenvalue weighted by atomic mass is 15.1. The number of nitriles is 1. The number of hydrogen-bond acceptors (Lipinski definition) is 4. The highest BCUT2D eigenvalue weighted by Crippen LogP contribution is 2.16. The number of anilines is 1. The Morgan fingerprint density at radius 2 is 2.29 bits per heavy atom. The first-order valence-electron chi connectivity index (χ1n) is 5.98. The summed E-state index contributed by atoms with van der Waals surface area (Å²) in [5.74, 6) is 0. The molecule has 0 aromatic carbocycles. The van der Waals surface area contributed by atoms with Crippen LogP contribution >= 0.6 is 0 Å². The summed E-state index contributed by atoms with van der Waals surface area (Å²) in [5, 5.41) is 11.8. The van der Waals surface area contributed by atoms with E-state index < -0.39 is 0 Å². The molecule has 0 spiro atoms. The Kier molecular flexibility index (Phi) is 5.44. The van der Waals surface area contributed by atoms with Gasteiger partial charge in [-0.2, -0.15) is 5.26 Å². The number of nitrogens with zero attached hydrogens (tertiary/aromatic N) is 3. The van der Waals surface area contributed by atoms with Crippen molar-refractivity contribution >= 4 is 5.69 Å². The molecule has 1 rings (SSSR count). The van der Waals surface area contributed by atoms with Crippen LogP contribution in [0.25, 0.3) is 0 Å². The molecular weight excluding hydrogens is 212 g/mol. The maximum absolute atomic E-state index is 8.61. The molecule has 0 saturated heterocycles. The average molecular weight is 232 g/mol. The molecule has 0 bridgehead atoms. The fourth-order valence-corrected chi connectivity index (χ4v) is 1.64. The lowest BCUT2D eigenvalue weighted by Crippen LogP contribution is -2.24. The smallest absolute Gasteiger partial charge is 0.0640 e. The van der Waals surface area contributed by atoms with Gasteiger partial charge < -0.3 is 10.2 Å². The van der Waals surface area contributed by atoms with Gasteiger partial charge >= 0.3 is 0 Å². The highest BCUT2D eigenvalue weighted by Gasteiger charge is 2.07. The lowest BCUT2D eigenvalue weighted by molar-refractivity contribution is 0.632. The van der Waals surface area contributed by atoms with E-state index in [0.29, 0.717) is 6.42 Å². The van der Waals surface area contributed by atoms with E-state index in [9.17, 15) is 0 Å². The number of pyridine rings is 1. The van der Waals surface area contributed by atoms with E-state index in [1.807, 2.05) is 19.3 Å². The average Bonchev–Trinajstić information content (AvgIpc) is 2.39. The molecule has 0 fully saturated rings. The SMILES string of the molecule is CCN(CCC#N)c1ccc(C(C)NC)nc1. The van der Waals surface area contributed by atoms with Crippen molar-refractivity contribution in [3.63, 3.8) is 0 Å². The standard InChI is InChI=1S/C13H20N4/c1-4-17(9-5-8-14)12-6-7-13(16-10-12)11(2)15-3/h6-7,10-11,15H,4-5,9H2,1-3H3. The minimum absolute atomic E-state index is 0.262. The van der Waals surface area contributed by atoms with E-state index in [1.165, 1.54) is 0 Å². The normalized spacial score (nSPS) is 11.9. The molecule has 0 aliphatic carbocycles. The molecule has 1 atom stereocenters. The summed E-state index contributed by atoms with van der Waals surface area (Å²) in [4.78, 5) is 6.60. The van der Waals surface area contributed by atoms with E-state index in [0.717, 1.165) is 24.5 Å². The van der Waals surface area contributed by atoms with Crippen molar-refractivity contribution in [3.05, 3.63) is 24.0 Å². The van der Waals surface area contributed by atoms with Crippen molar-refractivity contribution in [3.8, 4) is 6.07 Å². The molecule has 0 saturated carbocycles. The van der Waals surface area contributed by atoms with Crippen LogP contribution in [-0.4, -0.2) is 25.1 Å². The second kappa shape index (κ2) is 6.87. The van der Waals surface area contributed by atoms with E-state index >= 15 is 0 Å². The summed E-state index contributed by atoms with van der Waals surface area (Å²) >= 11 is 0. The molecule has 92 valence electrons. The minimum Gasteiger partial charge on any atom is -0.370 e. The van der Waals surface area contributed by atoms with Gasteiger partial charge in [-0.25, -0.2) is 0 Å². The van der Waals surface area contributed by atoms with Crippen LogP contribution in [0.3, 0.4) is 0 Å². The van der Waals surface area contributed by atoms with Gasteiger partial charge in [-0.1, -0.05) is 0 Å². The summed E-state index contributed by atoms with van der Waals surface area (Å²) in [6, 6.07) is 6.53. The van der Waals surface area contributed by atoms with Gasteiger partial charge in [0.05, 0.1) is 30.1 Å². The van der Waals surface area contributed by atoms with Crippen LogP contribution in [0.5, 0.6) is 0 Å². The van der Waals surface area contributed by atoms with Crippen LogP contribution in [0.2, 0.25) is 0 Å². The monoisotopic (exact) mass is 232 g/mol. The second-order valence-corrected chi connectivity index (χ2v) is 3.94. The van der Waals surface area contributed by atoms with Crippen LogP contribution in [0.15, 0.2) is 18.3 Å². The maximum Gasteiger partial charge on any atom is 0.0640 e. The molecule has 1 N–H and O–H groups in total. The minimum atomic E-state index is 0.262. The first kappa shape index (κ1) is 13.5. The molecule has 17 heavy (non-hydrogen) atoms. The van der Waals surface area contributed by atoms with Crippen molar-refractivity contribution in [1.82, 2.24) is 10.3 Å². The van der Waals surface area contributed by atoms with Crippen LogP contribution in [0.4, 0.5) is 5.69 Å². The van der Waals surface area contributed by atoms with Crippen molar-refractivity contribution < 1.29 is 0 Å². The quantitative estimate of drug-likeness (QED) is 0.816. The number of nitrogens with one attached hydrogen (secondary N) is 1. The Bertz CT molecular complexity index is 366. The zero-order valence-electron chi connectivity index (χ0n) is 10.8. The fraction of sp³-hybridized carbons (Fsp3) is 0.538. The van der Waals surface area contributed by atoms with Crippen molar-refractivity contribution in [2.24, 2.45) is 0 Å². The lowest BCUT2D eigenvalue weighted by atomic mass is 10.2. The van der Waals surface area contributed by atoms with Crippen molar-refractivity contribution in [2.45, 2.75) is 26.3 Å². The largest absolute Gasteiger partial charge is 0.370 e. The first-order chi connectivity index (χ1) is 8.22. The molecule has 1 aromatic rings. The van der Waals surface area contributed by atoms with E-state index in [-0.39, 0.29) is 6.04 Å². The predicted octanol–water partition coefficient (Wildman–Crippen LogP) is 2.10. The van der Waals surface area contributed by atoms with E-state index in [4.69, 9.17) is 5.26 Å². The third-order valence-corrected chi connectivity index (χ3v) is 2.89. The Labute approximate surface area is 103 Å². The van der Waals surface area contributed by atoms with Gasteiger partial charge in [0, 0.05) is 19.1 Å². The predicted molar refractivity (Wildman–Crippen MR) is 69.8 cm³/mol.